The van der Waals surface area contributed by atoms with Gasteiger partial charge in [0.1, 0.15) is 0 Å². The topological polar surface area (TPSA) is 74.1 Å². The van der Waals surface area contributed by atoms with Crippen LogP contribution in [0.1, 0.15) is 36.8 Å². The lowest BCUT2D eigenvalue weighted by atomic mass is 10.1. The van der Waals surface area contributed by atoms with Crippen LogP contribution in [0.4, 0.5) is 0 Å². The average molecular weight is 383 g/mol. The predicted molar refractivity (Wildman–Crippen MR) is 106 cm³/mol. The van der Waals surface area contributed by atoms with Gasteiger partial charge in [-0.1, -0.05) is 6.07 Å². The number of carbonyl (C=O) groups is 1. The van der Waals surface area contributed by atoms with Gasteiger partial charge in [-0.2, -0.15) is 5.10 Å². The highest BCUT2D eigenvalue weighted by molar-refractivity contribution is 5.95. The summed E-state index contributed by atoms with van der Waals surface area (Å²) in [5.74, 6) is 1.27. The molecule has 7 nitrogen and oxygen atoms in total. The lowest BCUT2D eigenvalue weighted by Crippen LogP contribution is -2.23. The highest BCUT2D eigenvalue weighted by atomic mass is 16.5. The Balaban J connectivity index is 1.81. The Bertz CT molecular complexity index is 892. The van der Waals surface area contributed by atoms with Gasteiger partial charge in [0.05, 0.1) is 37.6 Å². The number of benzene rings is 1. The second-order valence-corrected chi connectivity index (χ2v) is 5.99. The Kier molecular flexibility index (Phi) is 6.37. The van der Waals surface area contributed by atoms with E-state index in [4.69, 9.17) is 14.2 Å². The maximum atomic E-state index is 12.7. The molecule has 148 valence electrons. The lowest BCUT2D eigenvalue weighted by Gasteiger charge is -2.17. The number of carbonyl (C=O) groups excluding carboxylic acids is 1. The Morgan fingerprint density at radius 3 is 2.29 bits per heavy atom. The molecule has 2 aromatic heterocycles. The van der Waals surface area contributed by atoms with Gasteiger partial charge >= 0.3 is 0 Å². The first-order chi connectivity index (χ1) is 13.7. The zero-order chi connectivity index (χ0) is 19.9. The fourth-order valence-corrected chi connectivity index (χ4v) is 2.87. The molecule has 7 heteroatoms. The van der Waals surface area contributed by atoms with Gasteiger partial charge in [-0.3, -0.25) is 4.79 Å². The van der Waals surface area contributed by atoms with E-state index in [0.717, 1.165) is 11.2 Å². The van der Waals surface area contributed by atoms with Crippen LogP contribution in [0.5, 0.6) is 17.2 Å². The molecule has 0 aliphatic rings. The molecule has 0 unspecified atom stereocenters. The summed E-state index contributed by atoms with van der Waals surface area (Å²) >= 11 is 0. The minimum absolute atomic E-state index is 0.234. The number of amides is 1. The van der Waals surface area contributed by atoms with E-state index in [2.05, 4.69) is 10.4 Å². The summed E-state index contributed by atoms with van der Waals surface area (Å²) in [5.41, 5.74) is 2.20. The highest BCUT2D eigenvalue weighted by Crippen LogP contribution is 2.39. The van der Waals surface area contributed by atoms with E-state index in [1.54, 1.807) is 16.6 Å². The van der Waals surface area contributed by atoms with Gasteiger partial charge < -0.3 is 19.5 Å². The number of rotatable bonds is 9. The molecule has 0 aliphatic heterocycles. The summed E-state index contributed by atoms with van der Waals surface area (Å²) in [6.45, 7) is 7.36. The number of fused-ring (bicyclic) bond motifs is 1. The second kappa shape index (κ2) is 9.12. The third-order valence-electron chi connectivity index (χ3n) is 4.02. The molecule has 3 rings (SSSR count). The normalized spacial score (nSPS) is 10.7. The molecule has 2 heterocycles. The van der Waals surface area contributed by atoms with Crippen molar-refractivity contribution in [1.82, 2.24) is 14.9 Å². The van der Waals surface area contributed by atoms with Crippen molar-refractivity contribution in [2.75, 3.05) is 19.8 Å². The molecule has 1 amide bonds. The van der Waals surface area contributed by atoms with Crippen LogP contribution in [0.2, 0.25) is 0 Å². The molecule has 0 saturated heterocycles. The van der Waals surface area contributed by atoms with Gasteiger partial charge in [0.15, 0.2) is 11.5 Å². The van der Waals surface area contributed by atoms with Crippen LogP contribution in [0.15, 0.2) is 42.6 Å². The average Bonchev–Trinajstić information content (AvgIpc) is 3.11. The molecule has 0 fully saturated rings. The summed E-state index contributed by atoms with van der Waals surface area (Å²) in [6, 6.07) is 11.1. The number of ether oxygens (including phenoxy) is 3. The van der Waals surface area contributed by atoms with Gasteiger partial charge in [0.25, 0.3) is 5.91 Å². The predicted octanol–water partition coefficient (Wildman–Crippen LogP) is 3.46. The molecular formula is C21H25N3O4. The van der Waals surface area contributed by atoms with Crippen LogP contribution in [0, 0.1) is 0 Å². The smallest absolute Gasteiger partial charge is 0.251 e. The monoisotopic (exact) mass is 383 g/mol. The van der Waals surface area contributed by atoms with E-state index >= 15 is 0 Å². The number of hydrogen-bond acceptors (Lipinski definition) is 5. The van der Waals surface area contributed by atoms with Crippen molar-refractivity contribution in [3.63, 3.8) is 0 Å². The van der Waals surface area contributed by atoms with Gasteiger partial charge in [0.2, 0.25) is 5.75 Å². The fraction of sp³-hybridized carbons (Fsp3) is 0.333. The first-order valence-electron chi connectivity index (χ1n) is 9.44. The van der Waals surface area contributed by atoms with Crippen LogP contribution in [-0.4, -0.2) is 35.3 Å². The van der Waals surface area contributed by atoms with Crippen LogP contribution >= 0.6 is 0 Å². The number of nitrogens with one attached hydrogen (secondary N) is 1. The Morgan fingerprint density at radius 1 is 1.00 bits per heavy atom. The Morgan fingerprint density at radius 2 is 1.68 bits per heavy atom. The summed E-state index contributed by atoms with van der Waals surface area (Å²) in [4.78, 5) is 12.7. The Hall–Kier alpha value is -3.22. The van der Waals surface area contributed by atoms with Crippen molar-refractivity contribution in [2.24, 2.45) is 0 Å². The number of pyridine rings is 1. The zero-order valence-electron chi connectivity index (χ0n) is 16.4. The van der Waals surface area contributed by atoms with Crippen molar-refractivity contribution >= 4 is 11.4 Å². The highest BCUT2D eigenvalue weighted by Gasteiger charge is 2.18. The number of aromatic nitrogens is 2. The molecule has 0 saturated carbocycles. The SMILES string of the molecule is CCOc1cc(C(=O)NCc2cc3ccccn3n2)cc(OCC)c1OCC. The molecule has 0 aliphatic carbocycles. The molecular weight excluding hydrogens is 358 g/mol. The molecule has 0 bridgehead atoms. The van der Waals surface area contributed by atoms with Crippen molar-refractivity contribution < 1.29 is 19.0 Å². The van der Waals surface area contributed by atoms with E-state index in [9.17, 15) is 4.79 Å². The third kappa shape index (κ3) is 4.36. The van der Waals surface area contributed by atoms with Crippen LogP contribution in [0.3, 0.4) is 0 Å². The molecule has 0 atom stereocenters. The van der Waals surface area contributed by atoms with Gasteiger partial charge in [-0.05, 0) is 51.1 Å². The van der Waals surface area contributed by atoms with E-state index in [1.807, 2.05) is 51.2 Å². The van der Waals surface area contributed by atoms with Crippen molar-refractivity contribution in [2.45, 2.75) is 27.3 Å². The standard InChI is InChI=1S/C21H25N3O4/c1-4-26-18-11-15(12-19(27-5-2)20(18)28-6-3)21(25)22-14-16-13-17-9-7-8-10-24(17)23-16/h7-13H,4-6,14H2,1-3H3,(H,22,25). The molecule has 28 heavy (non-hydrogen) atoms. The van der Waals surface area contributed by atoms with Crippen LogP contribution < -0.4 is 19.5 Å². The van der Waals surface area contributed by atoms with Crippen molar-refractivity contribution in [1.29, 1.82) is 0 Å². The Labute approximate surface area is 164 Å². The first-order valence-corrected chi connectivity index (χ1v) is 9.44. The number of hydrogen-bond donors (Lipinski definition) is 1. The van der Waals surface area contributed by atoms with E-state index in [-0.39, 0.29) is 5.91 Å². The van der Waals surface area contributed by atoms with Crippen molar-refractivity contribution in [3.05, 3.63) is 53.9 Å². The van der Waals surface area contributed by atoms with Crippen molar-refractivity contribution in [3.8, 4) is 17.2 Å². The quantitative estimate of drug-likeness (QED) is 0.613. The van der Waals surface area contributed by atoms with Gasteiger partial charge in [-0.15, -0.1) is 0 Å². The van der Waals surface area contributed by atoms with E-state index < -0.39 is 0 Å². The maximum Gasteiger partial charge on any atom is 0.251 e. The molecule has 1 aromatic carbocycles. The molecule has 0 spiro atoms. The maximum absolute atomic E-state index is 12.7. The van der Waals surface area contributed by atoms with Crippen LogP contribution in [0.25, 0.3) is 5.52 Å². The number of nitrogens with zero attached hydrogens (tertiary/aromatic N) is 2. The van der Waals surface area contributed by atoms with Gasteiger partial charge in [0, 0.05) is 11.8 Å². The minimum Gasteiger partial charge on any atom is -0.490 e. The van der Waals surface area contributed by atoms with Gasteiger partial charge in [-0.25, -0.2) is 4.52 Å². The summed E-state index contributed by atoms with van der Waals surface area (Å²) < 4.78 is 18.8. The lowest BCUT2D eigenvalue weighted by molar-refractivity contribution is 0.0949. The molecule has 0 radical (unpaired) electrons. The molecule has 3 aromatic rings. The van der Waals surface area contributed by atoms with E-state index in [1.165, 1.54) is 0 Å². The zero-order valence-corrected chi connectivity index (χ0v) is 16.4. The van der Waals surface area contributed by atoms with E-state index in [0.29, 0.717) is 49.2 Å². The van der Waals surface area contributed by atoms with Crippen LogP contribution in [-0.2, 0) is 6.54 Å². The largest absolute Gasteiger partial charge is 0.490 e. The summed E-state index contributed by atoms with van der Waals surface area (Å²) in [5, 5.41) is 7.34. The fourth-order valence-electron chi connectivity index (χ4n) is 2.87. The third-order valence-corrected chi connectivity index (χ3v) is 4.02. The second-order valence-electron chi connectivity index (χ2n) is 5.99. The summed E-state index contributed by atoms with van der Waals surface area (Å²) in [6.07, 6.45) is 1.87. The summed E-state index contributed by atoms with van der Waals surface area (Å²) in [7, 11) is 0. The first kappa shape index (κ1) is 19.5. The minimum atomic E-state index is -0.234. The molecule has 1 N–H and O–H groups in total.